The average molecular weight is 273 g/mol. The Morgan fingerprint density at radius 2 is 1.85 bits per heavy atom. The van der Waals surface area contributed by atoms with E-state index in [0.29, 0.717) is 6.42 Å². The second kappa shape index (κ2) is 6.21. The van der Waals surface area contributed by atoms with E-state index in [2.05, 4.69) is 0 Å². The van der Waals surface area contributed by atoms with Crippen LogP contribution in [0.15, 0.2) is 18.2 Å². The average Bonchev–Trinajstić information content (AvgIpc) is 2.38. The van der Waals surface area contributed by atoms with E-state index >= 15 is 0 Å². The van der Waals surface area contributed by atoms with Crippen molar-refractivity contribution in [3.63, 3.8) is 0 Å². The van der Waals surface area contributed by atoms with Crippen molar-refractivity contribution >= 4 is 11.7 Å². The zero-order valence-corrected chi connectivity index (χ0v) is 12.6. The molecular weight excluding hydrogens is 250 g/mol. The largest absolute Gasteiger partial charge is 0.335 e. The van der Waals surface area contributed by atoms with E-state index in [0.717, 1.165) is 42.5 Å². The summed E-state index contributed by atoms with van der Waals surface area (Å²) in [6, 6.07) is 6.01. The van der Waals surface area contributed by atoms with Crippen molar-refractivity contribution in [3.05, 3.63) is 34.9 Å². The molecule has 1 aliphatic rings. The Labute approximate surface area is 121 Å². The first-order chi connectivity index (χ1) is 9.50. The molecule has 3 nitrogen and oxygen atoms in total. The number of rotatable bonds is 3. The van der Waals surface area contributed by atoms with Crippen LogP contribution in [0.25, 0.3) is 0 Å². The molecule has 1 aromatic carbocycles. The number of ketones is 1. The van der Waals surface area contributed by atoms with Gasteiger partial charge in [0.25, 0.3) is 5.91 Å². The van der Waals surface area contributed by atoms with Gasteiger partial charge in [0.05, 0.1) is 0 Å². The summed E-state index contributed by atoms with van der Waals surface area (Å²) in [5, 5.41) is 0. The van der Waals surface area contributed by atoms with Crippen LogP contribution in [0.5, 0.6) is 0 Å². The molecule has 0 aromatic heterocycles. The number of benzene rings is 1. The molecule has 20 heavy (non-hydrogen) atoms. The van der Waals surface area contributed by atoms with Crippen LogP contribution in [0.2, 0.25) is 0 Å². The highest BCUT2D eigenvalue weighted by atomic mass is 16.2. The molecule has 1 saturated heterocycles. The van der Waals surface area contributed by atoms with Gasteiger partial charge in [-0.3, -0.25) is 9.59 Å². The smallest absolute Gasteiger partial charge is 0.254 e. The Bertz CT molecular complexity index is 501. The van der Waals surface area contributed by atoms with Gasteiger partial charge in [0.2, 0.25) is 0 Å². The molecular formula is C17H23NO2. The first kappa shape index (κ1) is 14.8. The predicted molar refractivity (Wildman–Crippen MR) is 79.9 cm³/mol. The second-order valence-electron chi connectivity index (χ2n) is 5.82. The Morgan fingerprint density at radius 3 is 2.45 bits per heavy atom. The standard InChI is InChI=1S/C17H23NO2/c1-12-7-6-8-13(2)16(12)17(20)18-10-5-4-9-15(18)11-14(3)19/h6-8,15H,4-5,9-11H2,1-3H3. The number of hydrogen-bond acceptors (Lipinski definition) is 2. The Kier molecular flexibility index (Phi) is 4.58. The lowest BCUT2D eigenvalue weighted by Crippen LogP contribution is -2.45. The highest BCUT2D eigenvalue weighted by molar-refractivity contribution is 5.97. The third-order valence-corrected chi connectivity index (χ3v) is 4.11. The Morgan fingerprint density at radius 1 is 1.20 bits per heavy atom. The molecule has 0 bridgehead atoms. The fourth-order valence-corrected chi connectivity index (χ4v) is 3.11. The molecule has 0 spiro atoms. The summed E-state index contributed by atoms with van der Waals surface area (Å²) in [5.74, 6) is 0.253. The van der Waals surface area contributed by atoms with E-state index in [9.17, 15) is 9.59 Å². The van der Waals surface area contributed by atoms with Crippen molar-refractivity contribution in [2.45, 2.75) is 52.5 Å². The summed E-state index contributed by atoms with van der Waals surface area (Å²) in [6.07, 6.45) is 3.56. The molecule has 1 heterocycles. The number of nitrogens with zero attached hydrogens (tertiary/aromatic N) is 1. The number of carbonyl (C=O) groups is 2. The van der Waals surface area contributed by atoms with Crippen molar-refractivity contribution in [1.82, 2.24) is 4.90 Å². The van der Waals surface area contributed by atoms with Crippen molar-refractivity contribution in [1.29, 1.82) is 0 Å². The summed E-state index contributed by atoms with van der Waals surface area (Å²) in [4.78, 5) is 26.2. The molecule has 0 radical (unpaired) electrons. The predicted octanol–water partition coefficient (Wildman–Crippen LogP) is 3.28. The van der Waals surface area contributed by atoms with Crippen molar-refractivity contribution in [3.8, 4) is 0 Å². The molecule has 0 saturated carbocycles. The minimum Gasteiger partial charge on any atom is -0.335 e. The quantitative estimate of drug-likeness (QED) is 0.847. The maximum atomic E-state index is 12.8. The Balaban J connectivity index is 2.28. The topological polar surface area (TPSA) is 37.4 Å². The molecule has 1 atom stereocenters. The summed E-state index contributed by atoms with van der Waals surface area (Å²) in [7, 11) is 0. The molecule has 2 rings (SSSR count). The highest BCUT2D eigenvalue weighted by Crippen LogP contribution is 2.24. The highest BCUT2D eigenvalue weighted by Gasteiger charge is 2.29. The van der Waals surface area contributed by atoms with Gasteiger partial charge in [-0.2, -0.15) is 0 Å². The fraction of sp³-hybridized carbons (Fsp3) is 0.529. The Hall–Kier alpha value is -1.64. The van der Waals surface area contributed by atoms with E-state index in [1.165, 1.54) is 0 Å². The minimum absolute atomic E-state index is 0.0766. The van der Waals surface area contributed by atoms with E-state index in [1.54, 1.807) is 6.92 Å². The summed E-state index contributed by atoms with van der Waals surface area (Å²) >= 11 is 0. The van der Waals surface area contributed by atoms with Gasteiger partial charge in [-0.15, -0.1) is 0 Å². The number of amides is 1. The van der Waals surface area contributed by atoms with Crippen LogP contribution in [0.4, 0.5) is 0 Å². The molecule has 1 unspecified atom stereocenters. The molecule has 0 N–H and O–H groups in total. The molecule has 0 aliphatic carbocycles. The summed E-state index contributed by atoms with van der Waals surface area (Å²) in [6.45, 7) is 6.33. The van der Waals surface area contributed by atoms with Gasteiger partial charge in [0.1, 0.15) is 5.78 Å². The van der Waals surface area contributed by atoms with Crippen molar-refractivity contribution < 1.29 is 9.59 Å². The van der Waals surface area contributed by atoms with E-state index < -0.39 is 0 Å². The lowest BCUT2D eigenvalue weighted by Gasteiger charge is -2.36. The van der Waals surface area contributed by atoms with Gasteiger partial charge in [0, 0.05) is 24.6 Å². The number of carbonyl (C=O) groups excluding carboxylic acids is 2. The van der Waals surface area contributed by atoms with Crippen LogP contribution in [-0.4, -0.2) is 29.2 Å². The van der Waals surface area contributed by atoms with Gasteiger partial charge in [-0.25, -0.2) is 0 Å². The van der Waals surface area contributed by atoms with Gasteiger partial charge in [-0.05, 0) is 51.2 Å². The SMILES string of the molecule is CC(=O)CC1CCCCN1C(=O)c1c(C)cccc1C. The third-order valence-electron chi connectivity index (χ3n) is 4.11. The van der Waals surface area contributed by atoms with Gasteiger partial charge in [-0.1, -0.05) is 18.2 Å². The molecule has 1 amide bonds. The van der Waals surface area contributed by atoms with E-state index in [4.69, 9.17) is 0 Å². The number of hydrogen-bond donors (Lipinski definition) is 0. The summed E-state index contributed by atoms with van der Waals surface area (Å²) < 4.78 is 0. The zero-order chi connectivity index (χ0) is 14.7. The second-order valence-corrected chi connectivity index (χ2v) is 5.82. The van der Waals surface area contributed by atoms with Crippen LogP contribution in [-0.2, 0) is 4.79 Å². The first-order valence-corrected chi connectivity index (χ1v) is 7.37. The van der Waals surface area contributed by atoms with Gasteiger partial charge >= 0.3 is 0 Å². The normalized spacial score (nSPS) is 18.9. The molecule has 3 heteroatoms. The maximum absolute atomic E-state index is 12.8. The summed E-state index contributed by atoms with van der Waals surface area (Å²) in [5.41, 5.74) is 2.84. The number of likely N-dealkylation sites (tertiary alicyclic amines) is 1. The number of Topliss-reactive ketones (excluding diaryl/α,β-unsaturated/α-hetero) is 1. The first-order valence-electron chi connectivity index (χ1n) is 7.37. The van der Waals surface area contributed by atoms with Gasteiger partial charge < -0.3 is 4.90 Å². The van der Waals surface area contributed by atoms with Crippen molar-refractivity contribution in [2.75, 3.05) is 6.54 Å². The third kappa shape index (κ3) is 3.09. The minimum atomic E-state index is 0.0766. The van der Waals surface area contributed by atoms with E-state index in [1.807, 2.05) is 36.9 Å². The lowest BCUT2D eigenvalue weighted by atomic mass is 9.95. The number of piperidine rings is 1. The molecule has 1 fully saturated rings. The van der Waals surface area contributed by atoms with Crippen LogP contribution in [0.3, 0.4) is 0 Å². The molecule has 1 aliphatic heterocycles. The van der Waals surface area contributed by atoms with Crippen molar-refractivity contribution in [2.24, 2.45) is 0 Å². The van der Waals surface area contributed by atoms with Crippen LogP contribution in [0, 0.1) is 13.8 Å². The molecule has 1 aromatic rings. The van der Waals surface area contributed by atoms with Gasteiger partial charge in [0.15, 0.2) is 0 Å². The van der Waals surface area contributed by atoms with E-state index in [-0.39, 0.29) is 17.7 Å². The number of aryl methyl sites for hydroxylation is 2. The lowest BCUT2D eigenvalue weighted by molar-refractivity contribution is -0.118. The maximum Gasteiger partial charge on any atom is 0.254 e. The van der Waals surface area contributed by atoms with Crippen LogP contribution >= 0.6 is 0 Å². The fourth-order valence-electron chi connectivity index (χ4n) is 3.11. The van der Waals surface area contributed by atoms with Crippen LogP contribution < -0.4 is 0 Å². The molecule has 108 valence electrons. The van der Waals surface area contributed by atoms with Crippen LogP contribution in [0.1, 0.15) is 54.1 Å². The monoisotopic (exact) mass is 273 g/mol. The zero-order valence-electron chi connectivity index (χ0n) is 12.6.